The molecule has 0 atom stereocenters. The van der Waals surface area contributed by atoms with Crippen molar-refractivity contribution in [1.29, 1.82) is 0 Å². The van der Waals surface area contributed by atoms with Crippen LogP contribution < -0.4 is 5.56 Å². The monoisotopic (exact) mass is 336 g/mol. The average Bonchev–Trinajstić information content (AvgIpc) is 2.70. The Morgan fingerprint density at radius 1 is 1.32 bits per heavy atom. The first-order valence-electron chi connectivity index (χ1n) is 5.13. The summed E-state index contributed by atoms with van der Waals surface area (Å²) in [5.41, 5.74) is -0.378. The van der Waals surface area contributed by atoms with E-state index in [1.165, 1.54) is 29.5 Å². The van der Waals surface area contributed by atoms with Crippen molar-refractivity contribution in [1.82, 2.24) is 19.1 Å². The fraction of sp³-hybridized carbons (Fsp3) is 0.300. The molecule has 0 radical (unpaired) electrons. The summed E-state index contributed by atoms with van der Waals surface area (Å²) in [5, 5.41) is 0. The molecule has 19 heavy (non-hydrogen) atoms. The Balaban J connectivity index is 2.27. The molecule has 2 aromatic heterocycles. The number of nitrogens with zero attached hydrogens (tertiary/aromatic N) is 4. The lowest BCUT2D eigenvalue weighted by atomic mass is 10.5. The van der Waals surface area contributed by atoms with Crippen LogP contribution in [0.5, 0.6) is 0 Å². The van der Waals surface area contributed by atoms with Crippen LogP contribution in [-0.2, 0) is 13.1 Å². The molecule has 2 heterocycles. The first-order valence-corrected chi connectivity index (χ1v) is 5.93. The fourth-order valence-corrected chi connectivity index (χ4v) is 1.86. The van der Waals surface area contributed by atoms with Gasteiger partial charge < -0.3 is 4.57 Å². The highest BCUT2D eigenvalue weighted by molar-refractivity contribution is 9.10. The number of hydrogen-bond donors (Lipinski definition) is 0. The molecule has 0 N–H and O–H groups in total. The number of rotatable bonds is 3. The lowest BCUT2D eigenvalue weighted by Gasteiger charge is -2.11. The average molecular weight is 337 g/mol. The van der Waals surface area contributed by atoms with E-state index < -0.39 is 12.7 Å². The number of imidazole rings is 1. The Morgan fingerprint density at radius 3 is 2.74 bits per heavy atom. The molecule has 0 aromatic carbocycles. The van der Waals surface area contributed by atoms with Crippen LogP contribution >= 0.6 is 15.9 Å². The number of aromatic nitrogens is 4. The molecule has 0 saturated heterocycles. The van der Waals surface area contributed by atoms with Gasteiger partial charge >= 0.3 is 6.18 Å². The van der Waals surface area contributed by atoms with Gasteiger partial charge in [-0.05, 0) is 15.9 Å². The maximum Gasteiger partial charge on any atom is 0.406 e. The second-order valence-electron chi connectivity index (χ2n) is 3.76. The Hall–Kier alpha value is -1.64. The van der Waals surface area contributed by atoms with Gasteiger partial charge in [-0.15, -0.1) is 0 Å². The second-order valence-corrected chi connectivity index (χ2v) is 4.62. The van der Waals surface area contributed by atoms with E-state index in [1.54, 1.807) is 0 Å². The minimum Gasteiger partial charge on any atom is -0.324 e. The third kappa shape index (κ3) is 3.43. The van der Waals surface area contributed by atoms with E-state index in [0.717, 1.165) is 4.57 Å². The molecule has 2 rings (SSSR count). The third-order valence-corrected chi connectivity index (χ3v) is 2.87. The predicted molar refractivity (Wildman–Crippen MR) is 63.6 cm³/mol. The molecule has 0 aliphatic heterocycles. The minimum atomic E-state index is -4.34. The first kappa shape index (κ1) is 13.8. The van der Waals surface area contributed by atoms with E-state index in [9.17, 15) is 18.0 Å². The van der Waals surface area contributed by atoms with Crippen LogP contribution in [0.3, 0.4) is 0 Å². The van der Waals surface area contributed by atoms with Crippen molar-refractivity contribution in [3.05, 3.63) is 45.6 Å². The molecular weight excluding hydrogens is 329 g/mol. The first-order chi connectivity index (χ1) is 8.87. The van der Waals surface area contributed by atoms with Crippen molar-refractivity contribution in [2.45, 2.75) is 19.3 Å². The summed E-state index contributed by atoms with van der Waals surface area (Å²) in [6.07, 6.45) is 0.716. The molecule has 0 amide bonds. The van der Waals surface area contributed by atoms with Crippen molar-refractivity contribution in [3.8, 4) is 0 Å². The van der Waals surface area contributed by atoms with E-state index in [0.29, 0.717) is 0 Å². The molecule has 0 aliphatic rings. The quantitative estimate of drug-likeness (QED) is 0.859. The van der Waals surface area contributed by atoms with Crippen molar-refractivity contribution in [2.75, 3.05) is 0 Å². The smallest absolute Gasteiger partial charge is 0.324 e. The lowest BCUT2D eigenvalue weighted by Crippen LogP contribution is -2.25. The zero-order chi connectivity index (χ0) is 14.0. The van der Waals surface area contributed by atoms with Gasteiger partial charge in [-0.2, -0.15) is 13.2 Å². The molecule has 0 fully saturated rings. The van der Waals surface area contributed by atoms with Crippen LogP contribution in [0.25, 0.3) is 0 Å². The van der Waals surface area contributed by atoms with E-state index >= 15 is 0 Å². The van der Waals surface area contributed by atoms with Crippen LogP contribution in [0.15, 0.2) is 34.2 Å². The largest absolute Gasteiger partial charge is 0.406 e. The summed E-state index contributed by atoms with van der Waals surface area (Å²) in [6, 6.07) is 0. The Bertz CT molecular complexity index is 634. The molecule has 0 spiro atoms. The number of alkyl halides is 3. The van der Waals surface area contributed by atoms with Gasteiger partial charge in [0.15, 0.2) is 0 Å². The normalized spacial score (nSPS) is 11.8. The SMILES string of the molecule is O=c1c(Br)cncn1Cc1nccn1CC(F)(F)F. The highest BCUT2D eigenvalue weighted by Gasteiger charge is 2.28. The van der Waals surface area contributed by atoms with Gasteiger partial charge in [0.25, 0.3) is 5.56 Å². The summed E-state index contributed by atoms with van der Waals surface area (Å²) >= 11 is 3.01. The zero-order valence-corrected chi connectivity index (χ0v) is 11.0. The van der Waals surface area contributed by atoms with Crippen molar-refractivity contribution >= 4 is 15.9 Å². The van der Waals surface area contributed by atoms with Gasteiger partial charge in [-0.25, -0.2) is 9.97 Å². The van der Waals surface area contributed by atoms with Gasteiger partial charge in [0.1, 0.15) is 16.8 Å². The van der Waals surface area contributed by atoms with Gasteiger partial charge in [0, 0.05) is 18.6 Å². The maximum absolute atomic E-state index is 12.3. The van der Waals surface area contributed by atoms with Crippen LogP contribution in [0.2, 0.25) is 0 Å². The molecule has 0 unspecified atom stereocenters. The maximum atomic E-state index is 12.3. The van der Waals surface area contributed by atoms with Gasteiger partial charge in [-0.1, -0.05) is 0 Å². The Morgan fingerprint density at radius 2 is 2.05 bits per heavy atom. The van der Waals surface area contributed by atoms with Crippen LogP contribution in [0.1, 0.15) is 5.82 Å². The molecule has 102 valence electrons. The van der Waals surface area contributed by atoms with Crippen LogP contribution in [0, 0.1) is 0 Å². The van der Waals surface area contributed by atoms with Crippen molar-refractivity contribution in [2.24, 2.45) is 0 Å². The number of halogens is 4. The molecule has 0 aliphatic carbocycles. The highest BCUT2D eigenvalue weighted by Crippen LogP contribution is 2.18. The van der Waals surface area contributed by atoms with Gasteiger partial charge in [-0.3, -0.25) is 9.36 Å². The summed E-state index contributed by atoms with van der Waals surface area (Å²) < 4.78 is 39.4. The molecule has 0 saturated carbocycles. The highest BCUT2D eigenvalue weighted by atomic mass is 79.9. The fourth-order valence-electron chi connectivity index (χ4n) is 1.52. The second kappa shape index (κ2) is 5.16. The summed E-state index contributed by atoms with van der Waals surface area (Å²) in [4.78, 5) is 19.3. The minimum absolute atomic E-state index is 0.0750. The standard InChI is InChI=1S/C10H8BrF3N4O/c11-7-3-15-6-18(9(7)19)4-8-16-1-2-17(8)5-10(12,13)14/h1-3,6H,4-5H2. The molecule has 2 aromatic rings. The van der Waals surface area contributed by atoms with Gasteiger partial charge in [0.05, 0.1) is 12.9 Å². The lowest BCUT2D eigenvalue weighted by molar-refractivity contribution is -0.141. The topological polar surface area (TPSA) is 52.7 Å². The van der Waals surface area contributed by atoms with E-state index in [-0.39, 0.29) is 22.4 Å². The van der Waals surface area contributed by atoms with Crippen LogP contribution in [0.4, 0.5) is 13.2 Å². The van der Waals surface area contributed by atoms with E-state index in [4.69, 9.17) is 0 Å². The third-order valence-electron chi connectivity index (χ3n) is 2.32. The Kier molecular flexibility index (Phi) is 3.74. The van der Waals surface area contributed by atoms with E-state index in [1.807, 2.05) is 0 Å². The van der Waals surface area contributed by atoms with Gasteiger partial charge in [0.2, 0.25) is 0 Å². The number of hydrogen-bond acceptors (Lipinski definition) is 3. The molecule has 9 heteroatoms. The van der Waals surface area contributed by atoms with Crippen molar-refractivity contribution in [3.63, 3.8) is 0 Å². The van der Waals surface area contributed by atoms with Crippen molar-refractivity contribution < 1.29 is 13.2 Å². The Labute approximate surface area is 113 Å². The zero-order valence-electron chi connectivity index (χ0n) is 9.43. The summed E-state index contributed by atoms with van der Waals surface area (Å²) in [7, 11) is 0. The molecule has 5 nitrogen and oxygen atoms in total. The van der Waals surface area contributed by atoms with Crippen LogP contribution in [-0.4, -0.2) is 25.3 Å². The predicted octanol–water partition coefficient (Wildman–Crippen LogP) is 1.81. The summed E-state index contributed by atoms with van der Waals surface area (Å²) in [5.74, 6) is 0.138. The molecule has 0 bridgehead atoms. The molecular formula is C10H8BrF3N4O. The summed E-state index contributed by atoms with van der Waals surface area (Å²) in [6.45, 7) is -1.22. The van der Waals surface area contributed by atoms with E-state index in [2.05, 4.69) is 25.9 Å².